The Kier molecular flexibility index (Phi) is 14.5. The monoisotopic (exact) mass is 648 g/mol. The second kappa shape index (κ2) is 17.3. The van der Waals surface area contributed by atoms with Crippen LogP contribution in [0, 0.1) is 13.8 Å². The standard InChI is InChI=1S/C32H35O11P.Na/c1-6-29(34)39-24-18-27(40-30(35)7-2)32(28(19-24)41-31(36)8-3)26(33)13-12-22-10-9-11-23(17-22)42-44(37,38)43-25-15-20(4)14-21(5)16-25;/h9-11,14-19H,6-8,12-13H2,1-5H3,(H,37,38);/q;+1/p-1. The van der Waals surface area contributed by atoms with Crippen LogP contribution < -0.4 is 57.7 Å². The first-order chi connectivity index (χ1) is 20.8. The molecule has 13 heteroatoms. The summed E-state index contributed by atoms with van der Waals surface area (Å²) in [6, 6.07) is 13.6. The number of rotatable bonds is 14. The molecule has 0 aliphatic heterocycles. The molecule has 0 N–H and O–H groups in total. The molecule has 11 nitrogen and oxygen atoms in total. The first kappa shape index (κ1) is 37.7. The largest absolute Gasteiger partial charge is 1.00 e. The number of phosphoric acid groups is 1. The zero-order valence-corrected chi connectivity index (χ0v) is 29.1. The van der Waals surface area contributed by atoms with Gasteiger partial charge < -0.3 is 28.2 Å². The van der Waals surface area contributed by atoms with Crippen LogP contribution in [0.5, 0.6) is 28.7 Å². The Morgan fingerprint density at radius 3 is 1.73 bits per heavy atom. The van der Waals surface area contributed by atoms with Crippen molar-refractivity contribution in [2.24, 2.45) is 0 Å². The Morgan fingerprint density at radius 2 is 1.20 bits per heavy atom. The fourth-order valence-electron chi connectivity index (χ4n) is 4.06. The molecule has 0 saturated heterocycles. The van der Waals surface area contributed by atoms with Crippen LogP contribution in [0.4, 0.5) is 0 Å². The minimum atomic E-state index is -4.80. The van der Waals surface area contributed by atoms with Crippen molar-refractivity contribution in [1.29, 1.82) is 0 Å². The summed E-state index contributed by atoms with van der Waals surface area (Å²) < 4.78 is 38.8. The van der Waals surface area contributed by atoms with Gasteiger partial charge in [-0.15, -0.1) is 0 Å². The maximum atomic E-state index is 13.5. The minimum Gasteiger partial charge on any atom is -0.736 e. The van der Waals surface area contributed by atoms with Gasteiger partial charge in [-0.3, -0.25) is 19.2 Å². The third-order valence-electron chi connectivity index (χ3n) is 6.03. The van der Waals surface area contributed by atoms with Gasteiger partial charge in [-0.1, -0.05) is 39.0 Å². The van der Waals surface area contributed by atoms with Gasteiger partial charge in [-0.05, 0) is 61.2 Å². The molecule has 0 heterocycles. The topological polar surface area (TPSA) is 155 Å². The molecule has 0 aliphatic carbocycles. The quantitative estimate of drug-likeness (QED) is 0.0833. The van der Waals surface area contributed by atoms with Crippen LogP contribution in [0.1, 0.15) is 73.5 Å². The Balaban J connectivity index is 0.00000705. The summed E-state index contributed by atoms with van der Waals surface area (Å²) in [5, 5.41) is 0. The van der Waals surface area contributed by atoms with Gasteiger partial charge >= 0.3 is 55.3 Å². The van der Waals surface area contributed by atoms with Gasteiger partial charge in [0, 0.05) is 37.8 Å². The number of aryl methyl sites for hydroxylation is 3. The number of benzene rings is 3. The molecule has 0 aromatic heterocycles. The van der Waals surface area contributed by atoms with Crippen LogP contribution in [0.25, 0.3) is 0 Å². The van der Waals surface area contributed by atoms with E-state index in [1.165, 1.54) is 24.3 Å². The average Bonchev–Trinajstić information content (AvgIpc) is 2.94. The molecular formula is C32H34NaO11P. The molecule has 1 atom stereocenters. The SMILES string of the molecule is CCC(=O)Oc1cc(OC(=O)CC)c(C(=O)CCc2cccc(OP(=O)([O-])Oc3cc(C)cc(C)c3)c2)c(OC(=O)CC)c1.[Na+]. The van der Waals surface area contributed by atoms with E-state index in [1.54, 1.807) is 45.0 Å². The third kappa shape index (κ3) is 11.8. The Bertz CT molecular complexity index is 1540. The van der Waals surface area contributed by atoms with E-state index < -0.39 is 31.5 Å². The van der Waals surface area contributed by atoms with E-state index in [4.69, 9.17) is 23.3 Å². The van der Waals surface area contributed by atoms with E-state index in [9.17, 15) is 28.6 Å². The molecule has 45 heavy (non-hydrogen) atoms. The second-order valence-electron chi connectivity index (χ2n) is 9.80. The summed E-state index contributed by atoms with van der Waals surface area (Å²) in [4.78, 5) is 62.4. The smallest absolute Gasteiger partial charge is 0.736 e. The molecule has 0 fully saturated rings. The van der Waals surface area contributed by atoms with Gasteiger partial charge in [0.25, 0.3) is 0 Å². The number of phosphoric ester groups is 1. The molecule has 0 aliphatic rings. The zero-order chi connectivity index (χ0) is 32.4. The summed E-state index contributed by atoms with van der Waals surface area (Å²) in [7, 11) is -4.80. The van der Waals surface area contributed by atoms with Gasteiger partial charge in [-0.25, -0.2) is 4.57 Å². The molecule has 0 amide bonds. The first-order valence-electron chi connectivity index (χ1n) is 14.0. The predicted molar refractivity (Wildman–Crippen MR) is 158 cm³/mol. The molecule has 3 aromatic carbocycles. The van der Waals surface area contributed by atoms with Crippen LogP contribution in [0.3, 0.4) is 0 Å². The molecule has 3 rings (SSSR count). The number of carbonyl (C=O) groups is 4. The molecular weight excluding hydrogens is 614 g/mol. The maximum absolute atomic E-state index is 13.5. The summed E-state index contributed by atoms with van der Waals surface area (Å²) in [5.41, 5.74) is 2.02. The number of Topliss-reactive ketones (excluding diaryl/α,β-unsaturated/α-hetero) is 1. The van der Waals surface area contributed by atoms with Crippen molar-refractivity contribution in [3.05, 3.63) is 76.9 Å². The van der Waals surface area contributed by atoms with Gasteiger partial charge in [-0.2, -0.15) is 0 Å². The fourth-order valence-corrected chi connectivity index (χ4v) is 4.83. The number of hydrogen-bond acceptors (Lipinski definition) is 11. The van der Waals surface area contributed by atoms with E-state index in [0.29, 0.717) is 5.56 Å². The molecule has 3 aromatic rings. The maximum Gasteiger partial charge on any atom is 1.00 e. The minimum absolute atomic E-state index is 0. The number of esters is 3. The van der Waals surface area contributed by atoms with Crippen molar-refractivity contribution in [2.45, 2.75) is 66.7 Å². The van der Waals surface area contributed by atoms with Gasteiger partial charge in [0.2, 0.25) is 0 Å². The van der Waals surface area contributed by atoms with Crippen LogP contribution >= 0.6 is 7.82 Å². The van der Waals surface area contributed by atoms with Crippen molar-refractivity contribution in [1.82, 2.24) is 0 Å². The molecule has 0 spiro atoms. The summed E-state index contributed by atoms with van der Waals surface area (Å²) >= 11 is 0. The predicted octanol–water partition coefficient (Wildman–Crippen LogP) is 3.00. The molecule has 234 valence electrons. The number of carbonyl (C=O) groups excluding carboxylic acids is 4. The van der Waals surface area contributed by atoms with E-state index in [2.05, 4.69) is 0 Å². The number of ketones is 1. The van der Waals surface area contributed by atoms with Crippen molar-refractivity contribution < 1.29 is 81.5 Å². The zero-order valence-electron chi connectivity index (χ0n) is 26.2. The molecule has 1 unspecified atom stereocenters. The van der Waals surface area contributed by atoms with Crippen molar-refractivity contribution in [2.75, 3.05) is 0 Å². The van der Waals surface area contributed by atoms with Gasteiger partial charge in [0.1, 0.15) is 34.3 Å². The van der Waals surface area contributed by atoms with E-state index in [0.717, 1.165) is 11.1 Å². The van der Waals surface area contributed by atoms with E-state index in [-0.39, 0.29) is 96.0 Å². The van der Waals surface area contributed by atoms with Crippen molar-refractivity contribution in [3.63, 3.8) is 0 Å². The Morgan fingerprint density at radius 1 is 0.689 bits per heavy atom. The van der Waals surface area contributed by atoms with Crippen LogP contribution in [0.15, 0.2) is 54.6 Å². The van der Waals surface area contributed by atoms with Crippen molar-refractivity contribution >= 4 is 31.5 Å². The summed E-state index contributed by atoms with van der Waals surface area (Å²) in [5.74, 6) is -2.89. The average molecular weight is 649 g/mol. The van der Waals surface area contributed by atoms with Gasteiger partial charge in [0.15, 0.2) is 5.78 Å². The van der Waals surface area contributed by atoms with Crippen LogP contribution in [-0.2, 0) is 25.4 Å². The number of hydrogen-bond donors (Lipinski definition) is 0. The fraction of sp³-hybridized carbons (Fsp3) is 0.312. The normalized spacial score (nSPS) is 11.8. The first-order valence-corrected chi connectivity index (χ1v) is 15.5. The second-order valence-corrected chi connectivity index (χ2v) is 11.1. The van der Waals surface area contributed by atoms with Gasteiger partial charge in [0.05, 0.1) is 0 Å². The van der Waals surface area contributed by atoms with Crippen LogP contribution in [-0.4, -0.2) is 23.7 Å². The van der Waals surface area contributed by atoms with E-state index in [1.807, 2.05) is 19.9 Å². The molecule has 0 saturated carbocycles. The Hall–Kier alpha value is -3.47. The molecule has 0 bridgehead atoms. The molecule has 0 radical (unpaired) electrons. The number of ether oxygens (including phenoxy) is 3. The van der Waals surface area contributed by atoms with E-state index >= 15 is 0 Å². The summed E-state index contributed by atoms with van der Waals surface area (Å²) in [6.07, 6.45) is -0.0112. The third-order valence-corrected chi connectivity index (χ3v) is 6.90. The van der Waals surface area contributed by atoms with Crippen LogP contribution in [0.2, 0.25) is 0 Å². The van der Waals surface area contributed by atoms with Crippen molar-refractivity contribution in [3.8, 4) is 28.7 Å². The Labute approximate surface area is 284 Å². The summed E-state index contributed by atoms with van der Waals surface area (Å²) in [6.45, 7) is 8.33.